The molecule has 1 heterocycles. The molecule has 0 saturated heterocycles. The van der Waals surface area contributed by atoms with Gasteiger partial charge in [0.1, 0.15) is 17.5 Å². The summed E-state index contributed by atoms with van der Waals surface area (Å²) in [6.45, 7) is 3.84. The summed E-state index contributed by atoms with van der Waals surface area (Å²) < 4.78 is 12.9. The van der Waals surface area contributed by atoms with Gasteiger partial charge in [0.15, 0.2) is 0 Å². The standard InChI is InChI=1S/C13H14FN3/c1-3-11-16-12(8(2)13(15)17-11)9-4-6-10(14)7-5-9/h4-7H,3H2,1-2H3,(H2,15,16,17). The van der Waals surface area contributed by atoms with Crippen LogP contribution < -0.4 is 5.73 Å². The predicted molar refractivity (Wildman–Crippen MR) is 66.0 cm³/mol. The van der Waals surface area contributed by atoms with E-state index in [-0.39, 0.29) is 5.82 Å². The Morgan fingerprint density at radius 3 is 2.41 bits per heavy atom. The third kappa shape index (κ3) is 2.25. The normalized spacial score (nSPS) is 10.5. The van der Waals surface area contributed by atoms with Crippen molar-refractivity contribution in [3.63, 3.8) is 0 Å². The number of nitrogen functional groups attached to an aromatic ring is 1. The zero-order chi connectivity index (χ0) is 12.4. The maximum Gasteiger partial charge on any atom is 0.131 e. The summed E-state index contributed by atoms with van der Waals surface area (Å²) in [7, 11) is 0. The van der Waals surface area contributed by atoms with Crippen LogP contribution in [0.2, 0.25) is 0 Å². The molecule has 1 aromatic heterocycles. The van der Waals surface area contributed by atoms with Crippen molar-refractivity contribution in [3.05, 3.63) is 41.5 Å². The maximum absolute atomic E-state index is 12.9. The molecule has 0 bridgehead atoms. The Labute approximate surface area is 99.5 Å². The Kier molecular flexibility index (Phi) is 3.04. The van der Waals surface area contributed by atoms with Crippen LogP contribution in [0.1, 0.15) is 18.3 Å². The van der Waals surface area contributed by atoms with E-state index in [0.29, 0.717) is 11.6 Å². The van der Waals surface area contributed by atoms with Gasteiger partial charge in [-0.2, -0.15) is 0 Å². The Hall–Kier alpha value is -1.97. The fourth-order valence-corrected chi connectivity index (χ4v) is 1.63. The average molecular weight is 231 g/mol. The van der Waals surface area contributed by atoms with Crippen LogP contribution >= 0.6 is 0 Å². The predicted octanol–water partition coefficient (Wildman–Crippen LogP) is 2.74. The fourth-order valence-electron chi connectivity index (χ4n) is 1.63. The van der Waals surface area contributed by atoms with Crippen molar-refractivity contribution in [2.24, 2.45) is 0 Å². The lowest BCUT2D eigenvalue weighted by Gasteiger charge is -2.09. The van der Waals surface area contributed by atoms with E-state index in [1.165, 1.54) is 12.1 Å². The first-order valence-corrected chi connectivity index (χ1v) is 5.50. The van der Waals surface area contributed by atoms with E-state index in [1.54, 1.807) is 12.1 Å². The third-order valence-corrected chi connectivity index (χ3v) is 2.66. The minimum atomic E-state index is -0.260. The van der Waals surface area contributed by atoms with Crippen LogP contribution in [0.4, 0.5) is 10.2 Å². The molecule has 17 heavy (non-hydrogen) atoms. The molecule has 0 spiro atoms. The van der Waals surface area contributed by atoms with Crippen LogP contribution in [0.3, 0.4) is 0 Å². The van der Waals surface area contributed by atoms with E-state index in [0.717, 1.165) is 23.2 Å². The first-order chi connectivity index (χ1) is 8.11. The highest BCUT2D eigenvalue weighted by atomic mass is 19.1. The van der Waals surface area contributed by atoms with Gasteiger partial charge in [0.2, 0.25) is 0 Å². The van der Waals surface area contributed by atoms with Crippen LogP contribution in [0.25, 0.3) is 11.3 Å². The van der Waals surface area contributed by atoms with Crippen molar-refractivity contribution in [1.29, 1.82) is 0 Å². The minimum absolute atomic E-state index is 0.260. The SMILES string of the molecule is CCc1nc(N)c(C)c(-c2ccc(F)cc2)n1. The second-order valence-corrected chi connectivity index (χ2v) is 3.86. The summed E-state index contributed by atoms with van der Waals surface area (Å²) in [4.78, 5) is 8.63. The summed E-state index contributed by atoms with van der Waals surface area (Å²) in [5, 5.41) is 0. The molecule has 0 atom stereocenters. The fraction of sp³-hybridized carbons (Fsp3) is 0.231. The number of hydrogen-bond acceptors (Lipinski definition) is 3. The number of nitrogens with zero attached hydrogens (tertiary/aromatic N) is 2. The number of hydrogen-bond donors (Lipinski definition) is 1. The van der Waals surface area contributed by atoms with E-state index >= 15 is 0 Å². The first-order valence-electron chi connectivity index (χ1n) is 5.50. The van der Waals surface area contributed by atoms with Crippen LogP contribution in [-0.2, 0) is 6.42 Å². The molecule has 0 aliphatic heterocycles. The average Bonchev–Trinajstić information content (AvgIpc) is 2.34. The number of rotatable bonds is 2. The van der Waals surface area contributed by atoms with E-state index in [1.807, 2.05) is 13.8 Å². The van der Waals surface area contributed by atoms with Gasteiger partial charge >= 0.3 is 0 Å². The lowest BCUT2D eigenvalue weighted by molar-refractivity contribution is 0.628. The van der Waals surface area contributed by atoms with Crippen molar-refractivity contribution in [3.8, 4) is 11.3 Å². The molecule has 1 aromatic carbocycles. The number of anilines is 1. The van der Waals surface area contributed by atoms with Crippen molar-refractivity contribution in [2.75, 3.05) is 5.73 Å². The lowest BCUT2D eigenvalue weighted by atomic mass is 10.1. The molecule has 0 radical (unpaired) electrons. The Balaban J connectivity index is 2.57. The van der Waals surface area contributed by atoms with Gasteiger partial charge in [-0.05, 0) is 31.2 Å². The number of aromatic nitrogens is 2. The number of halogens is 1. The molecule has 2 N–H and O–H groups in total. The largest absolute Gasteiger partial charge is 0.383 e. The van der Waals surface area contributed by atoms with E-state index in [2.05, 4.69) is 9.97 Å². The van der Waals surface area contributed by atoms with Crippen LogP contribution in [0.5, 0.6) is 0 Å². The monoisotopic (exact) mass is 231 g/mol. The van der Waals surface area contributed by atoms with Crippen molar-refractivity contribution >= 4 is 5.82 Å². The highest BCUT2D eigenvalue weighted by Gasteiger charge is 2.09. The Morgan fingerprint density at radius 2 is 1.82 bits per heavy atom. The quantitative estimate of drug-likeness (QED) is 0.864. The van der Waals surface area contributed by atoms with Crippen molar-refractivity contribution in [2.45, 2.75) is 20.3 Å². The number of nitrogens with two attached hydrogens (primary N) is 1. The molecule has 3 nitrogen and oxygen atoms in total. The molecular formula is C13H14FN3. The van der Waals surface area contributed by atoms with Gasteiger partial charge < -0.3 is 5.73 Å². The third-order valence-electron chi connectivity index (χ3n) is 2.66. The van der Waals surface area contributed by atoms with Crippen molar-refractivity contribution < 1.29 is 4.39 Å². The minimum Gasteiger partial charge on any atom is -0.383 e. The van der Waals surface area contributed by atoms with E-state index < -0.39 is 0 Å². The molecule has 0 unspecified atom stereocenters. The van der Waals surface area contributed by atoms with E-state index in [4.69, 9.17) is 5.73 Å². The molecule has 4 heteroatoms. The molecule has 0 fully saturated rings. The van der Waals surface area contributed by atoms with E-state index in [9.17, 15) is 4.39 Å². The molecule has 0 amide bonds. The molecule has 0 aliphatic rings. The van der Waals surface area contributed by atoms with Crippen LogP contribution in [0.15, 0.2) is 24.3 Å². The highest BCUT2D eigenvalue weighted by Crippen LogP contribution is 2.24. The lowest BCUT2D eigenvalue weighted by Crippen LogP contribution is -2.04. The summed E-state index contributed by atoms with van der Waals surface area (Å²) in [5.41, 5.74) is 8.29. The molecular weight excluding hydrogens is 217 g/mol. The summed E-state index contributed by atoms with van der Waals surface area (Å²) in [6.07, 6.45) is 0.721. The van der Waals surface area contributed by atoms with Gasteiger partial charge in [-0.1, -0.05) is 6.92 Å². The molecule has 88 valence electrons. The second kappa shape index (κ2) is 4.49. The molecule has 2 aromatic rings. The molecule has 2 rings (SSSR count). The van der Waals surface area contributed by atoms with Gasteiger partial charge in [-0.25, -0.2) is 14.4 Å². The van der Waals surface area contributed by atoms with Gasteiger partial charge in [0, 0.05) is 17.5 Å². The molecule has 0 saturated carbocycles. The topological polar surface area (TPSA) is 51.8 Å². The van der Waals surface area contributed by atoms with Crippen molar-refractivity contribution in [1.82, 2.24) is 9.97 Å². The number of benzene rings is 1. The summed E-state index contributed by atoms with van der Waals surface area (Å²) >= 11 is 0. The zero-order valence-corrected chi connectivity index (χ0v) is 9.87. The number of aryl methyl sites for hydroxylation is 1. The Morgan fingerprint density at radius 1 is 1.18 bits per heavy atom. The highest BCUT2D eigenvalue weighted by molar-refractivity contribution is 5.67. The second-order valence-electron chi connectivity index (χ2n) is 3.86. The maximum atomic E-state index is 12.9. The van der Waals surface area contributed by atoms with Gasteiger partial charge in [0.05, 0.1) is 5.69 Å². The first kappa shape index (κ1) is 11.5. The van der Waals surface area contributed by atoms with Gasteiger partial charge in [-0.15, -0.1) is 0 Å². The Bertz CT molecular complexity index is 535. The van der Waals surface area contributed by atoms with Crippen LogP contribution in [-0.4, -0.2) is 9.97 Å². The zero-order valence-electron chi connectivity index (χ0n) is 9.87. The van der Waals surface area contributed by atoms with Crippen LogP contribution in [0, 0.1) is 12.7 Å². The van der Waals surface area contributed by atoms with Gasteiger partial charge in [0.25, 0.3) is 0 Å². The summed E-state index contributed by atoms with van der Waals surface area (Å²) in [6, 6.07) is 6.23. The summed E-state index contributed by atoms with van der Waals surface area (Å²) in [5.74, 6) is 0.924. The smallest absolute Gasteiger partial charge is 0.131 e. The molecule has 0 aliphatic carbocycles. The van der Waals surface area contributed by atoms with Gasteiger partial charge in [-0.3, -0.25) is 0 Å².